The Bertz CT molecular complexity index is 1110. The van der Waals surface area contributed by atoms with Crippen LogP contribution in [0.1, 0.15) is 21.6 Å². The summed E-state index contributed by atoms with van der Waals surface area (Å²) in [5, 5.41) is 11.9. The Morgan fingerprint density at radius 1 is 1.08 bits per heavy atom. The molecule has 1 aliphatic rings. The molecule has 0 spiro atoms. The number of nitrogens with one attached hydrogen (secondary N) is 1. The number of nitriles is 1. The third-order valence-electron chi connectivity index (χ3n) is 4.58. The van der Waals surface area contributed by atoms with E-state index < -0.39 is 11.6 Å². The largest absolute Gasteiger partial charge is 0.348 e. The number of aromatic nitrogens is 1. The predicted octanol–water partition coefficient (Wildman–Crippen LogP) is 3.75. The SMILES string of the molecule is Cn1cc(-c2cc3c(cc2-c2ccc(F)cc2F)C(=O)NC3)cc1C#N. The van der Waals surface area contributed by atoms with Crippen LogP contribution in [0.5, 0.6) is 0 Å². The molecular weight excluding hydrogens is 336 g/mol. The lowest BCUT2D eigenvalue weighted by molar-refractivity contribution is 0.0966. The molecule has 1 amide bonds. The number of benzene rings is 2. The first-order chi connectivity index (χ1) is 12.5. The molecule has 26 heavy (non-hydrogen) atoms. The maximum atomic E-state index is 14.4. The highest BCUT2D eigenvalue weighted by Gasteiger charge is 2.24. The van der Waals surface area contributed by atoms with Gasteiger partial charge in [-0.1, -0.05) is 0 Å². The minimum absolute atomic E-state index is 0.200. The average Bonchev–Trinajstić information content (AvgIpc) is 3.16. The topological polar surface area (TPSA) is 57.8 Å². The fraction of sp³-hybridized carbons (Fsp3) is 0.100. The highest BCUT2D eigenvalue weighted by molar-refractivity contribution is 6.01. The average molecular weight is 349 g/mol. The number of halogens is 2. The summed E-state index contributed by atoms with van der Waals surface area (Å²) >= 11 is 0. The van der Waals surface area contributed by atoms with E-state index in [1.165, 1.54) is 12.1 Å². The summed E-state index contributed by atoms with van der Waals surface area (Å²) in [5.74, 6) is -1.60. The van der Waals surface area contributed by atoms with Crippen molar-refractivity contribution in [3.05, 3.63) is 71.1 Å². The molecule has 1 N–H and O–H groups in total. The van der Waals surface area contributed by atoms with Gasteiger partial charge in [0, 0.05) is 42.5 Å². The van der Waals surface area contributed by atoms with Crippen LogP contribution in [-0.2, 0) is 13.6 Å². The first-order valence-corrected chi connectivity index (χ1v) is 7.95. The van der Waals surface area contributed by atoms with Gasteiger partial charge in [-0.3, -0.25) is 4.79 Å². The fourth-order valence-corrected chi connectivity index (χ4v) is 3.27. The Kier molecular flexibility index (Phi) is 3.58. The van der Waals surface area contributed by atoms with Crippen LogP contribution in [0.25, 0.3) is 22.3 Å². The molecule has 0 bridgehead atoms. The molecular formula is C20H13F2N3O. The van der Waals surface area contributed by atoms with E-state index in [1.54, 1.807) is 29.9 Å². The van der Waals surface area contributed by atoms with Crippen LogP contribution in [0.2, 0.25) is 0 Å². The molecule has 0 saturated heterocycles. The highest BCUT2D eigenvalue weighted by atomic mass is 19.1. The molecule has 4 nitrogen and oxygen atoms in total. The van der Waals surface area contributed by atoms with E-state index in [9.17, 15) is 18.8 Å². The molecule has 0 radical (unpaired) electrons. The highest BCUT2D eigenvalue weighted by Crippen LogP contribution is 2.37. The summed E-state index contributed by atoms with van der Waals surface area (Å²) in [4.78, 5) is 12.0. The summed E-state index contributed by atoms with van der Waals surface area (Å²) in [6.07, 6.45) is 1.77. The third kappa shape index (κ3) is 2.45. The van der Waals surface area contributed by atoms with Gasteiger partial charge in [0.25, 0.3) is 5.91 Å². The van der Waals surface area contributed by atoms with E-state index in [0.29, 0.717) is 28.9 Å². The number of carbonyl (C=O) groups excluding carboxylic acids is 1. The number of nitrogens with zero attached hydrogens (tertiary/aromatic N) is 2. The lowest BCUT2D eigenvalue weighted by atomic mass is 9.91. The van der Waals surface area contributed by atoms with E-state index in [1.807, 2.05) is 6.07 Å². The van der Waals surface area contributed by atoms with Gasteiger partial charge in [0.15, 0.2) is 0 Å². The molecule has 0 atom stereocenters. The molecule has 3 aromatic rings. The molecule has 4 rings (SSSR count). The summed E-state index contributed by atoms with van der Waals surface area (Å²) in [5.41, 5.74) is 3.83. The number of aryl methyl sites for hydroxylation is 1. The van der Waals surface area contributed by atoms with Gasteiger partial charge in [0.05, 0.1) is 0 Å². The molecule has 0 aliphatic carbocycles. The molecule has 0 saturated carbocycles. The Hall–Kier alpha value is -3.46. The van der Waals surface area contributed by atoms with Crippen molar-refractivity contribution in [3.8, 4) is 28.3 Å². The molecule has 1 aliphatic heterocycles. The van der Waals surface area contributed by atoms with E-state index in [-0.39, 0.29) is 11.5 Å². The van der Waals surface area contributed by atoms with E-state index in [2.05, 4.69) is 11.4 Å². The zero-order valence-electron chi connectivity index (χ0n) is 13.8. The lowest BCUT2D eigenvalue weighted by Gasteiger charge is -2.12. The normalized spacial score (nSPS) is 12.6. The van der Waals surface area contributed by atoms with Gasteiger partial charge in [-0.25, -0.2) is 8.78 Å². The second-order valence-electron chi connectivity index (χ2n) is 6.20. The Balaban J connectivity index is 2.01. The zero-order valence-corrected chi connectivity index (χ0v) is 13.8. The number of fused-ring (bicyclic) bond motifs is 1. The molecule has 0 unspecified atom stereocenters. The molecule has 2 aromatic carbocycles. The minimum atomic E-state index is -0.707. The first kappa shape index (κ1) is 16.0. The van der Waals surface area contributed by atoms with Gasteiger partial charge in [0.1, 0.15) is 23.4 Å². The summed E-state index contributed by atoms with van der Waals surface area (Å²) in [6, 6.07) is 10.6. The van der Waals surface area contributed by atoms with Crippen LogP contribution in [0.15, 0.2) is 42.6 Å². The van der Waals surface area contributed by atoms with Gasteiger partial charge in [-0.2, -0.15) is 5.26 Å². The van der Waals surface area contributed by atoms with Crippen molar-refractivity contribution < 1.29 is 13.6 Å². The number of hydrogen-bond acceptors (Lipinski definition) is 2. The first-order valence-electron chi connectivity index (χ1n) is 7.95. The minimum Gasteiger partial charge on any atom is -0.348 e. The van der Waals surface area contributed by atoms with Gasteiger partial charge in [-0.05, 0) is 47.0 Å². The maximum Gasteiger partial charge on any atom is 0.251 e. The second kappa shape index (κ2) is 5.81. The molecule has 2 heterocycles. The number of amides is 1. The van der Waals surface area contributed by atoms with Crippen LogP contribution < -0.4 is 5.32 Å². The quantitative estimate of drug-likeness (QED) is 0.766. The van der Waals surface area contributed by atoms with Crippen LogP contribution in [-0.4, -0.2) is 10.5 Å². The third-order valence-corrected chi connectivity index (χ3v) is 4.58. The summed E-state index contributed by atoms with van der Waals surface area (Å²) in [7, 11) is 1.75. The van der Waals surface area contributed by atoms with Crippen molar-refractivity contribution in [3.63, 3.8) is 0 Å². The van der Waals surface area contributed by atoms with Crippen molar-refractivity contribution in [1.82, 2.24) is 9.88 Å². The fourth-order valence-electron chi connectivity index (χ4n) is 3.27. The smallest absolute Gasteiger partial charge is 0.251 e. The van der Waals surface area contributed by atoms with Crippen LogP contribution in [0, 0.1) is 23.0 Å². The Morgan fingerprint density at radius 3 is 2.58 bits per heavy atom. The van der Waals surface area contributed by atoms with Crippen LogP contribution in [0.4, 0.5) is 8.78 Å². The van der Waals surface area contributed by atoms with E-state index in [0.717, 1.165) is 17.2 Å². The standard InChI is InChI=1S/C20H13F2N3O/c1-25-10-12(4-14(25)8-23)16-5-11-9-24-20(26)17(11)7-18(16)15-3-2-13(21)6-19(15)22/h2-7,10H,9H2,1H3,(H,24,26). The van der Waals surface area contributed by atoms with Crippen molar-refractivity contribution in [2.75, 3.05) is 0 Å². The molecule has 1 aromatic heterocycles. The van der Waals surface area contributed by atoms with E-state index >= 15 is 0 Å². The van der Waals surface area contributed by atoms with Crippen molar-refractivity contribution >= 4 is 5.91 Å². The summed E-state index contributed by atoms with van der Waals surface area (Å²) in [6.45, 7) is 0.394. The lowest BCUT2D eigenvalue weighted by Crippen LogP contribution is -2.12. The molecule has 128 valence electrons. The second-order valence-corrected chi connectivity index (χ2v) is 6.20. The maximum absolute atomic E-state index is 14.4. The Labute approximate surface area is 148 Å². The van der Waals surface area contributed by atoms with Crippen molar-refractivity contribution in [2.24, 2.45) is 7.05 Å². The molecule has 0 fully saturated rings. The van der Waals surface area contributed by atoms with Crippen LogP contribution in [0.3, 0.4) is 0 Å². The molecule has 6 heteroatoms. The van der Waals surface area contributed by atoms with Crippen molar-refractivity contribution in [1.29, 1.82) is 5.26 Å². The van der Waals surface area contributed by atoms with Gasteiger partial charge in [0.2, 0.25) is 0 Å². The van der Waals surface area contributed by atoms with Gasteiger partial charge >= 0.3 is 0 Å². The predicted molar refractivity (Wildman–Crippen MR) is 92.1 cm³/mol. The monoisotopic (exact) mass is 349 g/mol. The summed E-state index contributed by atoms with van der Waals surface area (Å²) < 4.78 is 29.4. The zero-order chi connectivity index (χ0) is 18.4. The van der Waals surface area contributed by atoms with Crippen LogP contribution >= 0.6 is 0 Å². The van der Waals surface area contributed by atoms with E-state index in [4.69, 9.17) is 0 Å². The van der Waals surface area contributed by atoms with Gasteiger partial charge < -0.3 is 9.88 Å². The number of hydrogen-bond donors (Lipinski definition) is 1. The van der Waals surface area contributed by atoms with Gasteiger partial charge in [-0.15, -0.1) is 0 Å². The number of rotatable bonds is 2. The van der Waals surface area contributed by atoms with Crippen molar-refractivity contribution in [2.45, 2.75) is 6.54 Å². The number of carbonyl (C=O) groups is 1. The Morgan fingerprint density at radius 2 is 1.88 bits per heavy atom.